The molecule has 0 fully saturated rings. The number of hydrogen-bond donors (Lipinski definition) is 0. The molecule has 0 radical (unpaired) electrons. The minimum Gasteiger partial charge on any atom is -0.463 e. The molecule has 0 aromatic carbocycles. The second kappa shape index (κ2) is 3.56. The summed E-state index contributed by atoms with van der Waals surface area (Å²) in [5.74, 6) is 0.645. The molecule has 0 aliphatic carbocycles. The first kappa shape index (κ1) is 7.54. The van der Waals surface area contributed by atoms with Crippen LogP contribution in [0.1, 0.15) is 6.92 Å². The first-order chi connectivity index (χ1) is 4.79. The van der Waals surface area contributed by atoms with Crippen LogP contribution in [0.15, 0.2) is 24.4 Å². The molecule has 10 heavy (non-hydrogen) atoms. The van der Waals surface area contributed by atoms with E-state index in [2.05, 4.69) is 20.9 Å². The number of alkyl halides is 1. The zero-order valence-electron chi connectivity index (χ0n) is 5.62. The van der Waals surface area contributed by atoms with Crippen LogP contribution in [0, 0.1) is 0 Å². The van der Waals surface area contributed by atoms with E-state index in [1.807, 2.05) is 25.1 Å². The highest BCUT2D eigenvalue weighted by atomic mass is 79.9. The predicted octanol–water partition coefficient (Wildman–Crippen LogP) is 2.20. The van der Waals surface area contributed by atoms with Gasteiger partial charge in [0.2, 0.25) is 5.88 Å². The molecule has 3 heteroatoms. The van der Waals surface area contributed by atoms with Crippen molar-refractivity contribution in [3.63, 3.8) is 0 Å². The maximum atomic E-state index is 5.22. The van der Waals surface area contributed by atoms with Gasteiger partial charge < -0.3 is 4.74 Å². The van der Waals surface area contributed by atoms with Gasteiger partial charge in [0.15, 0.2) is 5.01 Å². The maximum Gasteiger partial charge on any atom is 0.214 e. The fraction of sp³-hybridized carbons (Fsp3) is 0.286. The van der Waals surface area contributed by atoms with Crippen molar-refractivity contribution >= 4 is 15.9 Å². The van der Waals surface area contributed by atoms with Crippen molar-refractivity contribution in [3.05, 3.63) is 24.4 Å². The molecule has 2 nitrogen and oxygen atoms in total. The smallest absolute Gasteiger partial charge is 0.214 e. The average Bonchev–Trinajstić information content (AvgIpc) is 1.88. The van der Waals surface area contributed by atoms with Crippen molar-refractivity contribution in [2.75, 3.05) is 0 Å². The molecule has 54 valence electrons. The number of pyridine rings is 1. The van der Waals surface area contributed by atoms with Crippen LogP contribution in [0.3, 0.4) is 0 Å². The van der Waals surface area contributed by atoms with Crippen LogP contribution >= 0.6 is 15.9 Å². The van der Waals surface area contributed by atoms with Crippen LogP contribution in [0.4, 0.5) is 0 Å². The normalized spacial score (nSPS) is 12.6. The summed E-state index contributed by atoms with van der Waals surface area (Å²) in [6, 6.07) is 5.56. The van der Waals surface area contributed by atoms with Gasteiger partial charge in [0, 0.05) is 12.3 Å². The number of aromatic nitrogens is 1. The van der Waals surface area contributed by atoms with Crippen LogP contribution < -0.4 is 4.74 Å². The van der Waals surface area contributed by atoms with E-state index in [9.17, 15) is 0 Å². The molecule has 1 heterocycles. The van der Waals surface area contributed by atoms with Gasteiger partial charge >= 0.3 is 0 Å². The summed E-state index contributed by atoms with van der Waals surface area (Å²) in [4.78, 5) is 3.97. The summed E-state index contributed by atoms with van der Waals surface area (Å²) in [5, 5.41) is 0.0161. The minimum atomic E-state index is 0.0161. The lowest BCUT2D eigenvalue weighted by atomic mass is 10.5. The van der Waals surface area contributed by atoms with Crippen LogP contribution in [0.5, 0.6) is 5.88 Å². The highest BCUT2D eigenvalue weighted by Crippen LogP contribution is 2.08. The molecule has 1 rings (SSSR count). The molecule has 1 atom stereocenters. The molecule has 0 N–H and O–H groups in total. The Bertz CT molecular complexity index is 188. The highest BCUT2D eigenvalue weighted by Gasteiger charge is 1.96. The molecule has 0 saturated heterocycles. The van der Waals surface area contributed by atoms with E-state index >= 15 is 0 Å². The molecule has 0 spiro atoms. The first-order valence-electron chi connectivity index (χ1n) is 3.01. The van der Waals surface area contributed by atoms with Gasteiger partial charge in [0.25, 0.3) is 0 Å². The molecular weight excluding hydrogens is 194 g/mol. The number of ether oxygens (including phenoxy) is 1. The molecule has 1 unspecified atom stereocenters. The number of halogens is 1. The van der Waals surface area contributed by atoms with E-state index in [1.165, 1.54) is 0 Å². The molecule has 0 aliphatic heterocycles. The molecule has 0 aliphatic rings. The Hall–Kier alpha value is -0.570. The lowest BCUT2D eigenvalue weighted by Gasteiger charge is -2.04. The SMILES string of the molecule is CC(Br)Oc1ccccn1. The summed E-state index contributed by atoms with van der Waals surface area (Å²) in [6.07, 6.45) is 1.70. The second-order valence-electron chi connectivity index (χ2n) is 1.83. The highest BCUT2D eigenvalue weighted by molar-refractivity contribution is 9.09. The molecule has 1 aromatic rings. The standard InChI is InChI=1S/C7H8BrNO/c1-6(8)10-7-4-2-3-5-9-7/h2-6H,1H3. The predicted molar refractivity (Wildman–Crippen MR) is 43.3 cm³/mol. The Labute approximate surface area is 68.4 Å². The minimum absolute atomic E-state index is 0.0161. The van der Waals surface area contributed by atoms with Gasteiger partial charge in [-0.1, -0.05) is 6.07 Å². The molecule has 0 bridgehead atoms. The van der Waals surface area contributed by atoms with E-state index in [0.717, 1.165) is 0 Å². The third-order valence-corrected chi connectivity index (χ3v) is 1.11. The molecule has 1 aromatic heterocycles. The van der Waals surface area contributed by atoms with Crippen LogP contribution in [-0.4, -0.2) is 10.00 Å². The zero-order valence-corrected chi connectivity index (χ0v) is 7.21. The zero-order chi connectivity index (χ0) is 7.40. The van der Waals surface area contributed by atoms with E-state index in [1.54, 1.807) is 6.20 Å². The Morgan fingerprint density at radius 1 is 1.60 bits per heavy atom. The average molecular weight is 202 g/mol. The van der Waals surface area contributed by atoms with Gasteiger partial charge in [0.1, 0.15) is 0 Å². The largest absolute Gasteiger partial charge is 0.463 e. The van der Waals surface area contributed by atoms with Crippen molar-refractivity contribution < 1.29 is 4.74 Å². The lowest BCUT2D eigenvalue weighted by Crippen LogP contribution is -2.02. The number of nitrogens with zero attached hydrogens (tertiary/aromatic N) is 1. The van der Waals surface area contributed by atoms with E-state index in [-0.39, 0.29) is 5.01 Å². The topological polar surface area (TPSA) is 22.1 Å². The molecule has 0 amide bonds. The lowest BCUT2D eigenvalue weighted by molar-refractivity contribution is 0.302. The monoisotopic (exact) mass is 201 g/mol. The first-order valence-corrected chi connectivity index (χ1v) is 3.92. The van der Waals surface area contributed by atoms with Crippen LogP contribution in [0.2, 0.25) is 0 Å². The summed E-state index contributed by atoms with van der Waals surface area (Å²) >= 11 is 3.25. The van der Waals surface area contributed by atoms with Gasteiger partial charge in [-0.05, 0) is 28.9 Å². The van der Waals surface area contributed by atoms with Gasteiger partial charge in [-0.15, -0.1) is 0 Å². The summed E-state index contributed by atoms with van der Waals surface area (Å²) in [7, 11) is 0. The second-order valence-corrected chi connectivity index (χ2v) is 3.12. The van der Waals surface area contributed by atoms with Crippen molar-refractivity contribution in [1.82, 2.24) is 4.98 Å². The Balaban J connectivity index is 2.59. The van der Waals surface area contributed by atoms with Crippen LogP contribution in [-0.2, 0) is 0 Å². The van der Waals surface area contributed by atoms with Gasteiger partial charge in [-0.3, -0.25) is 0 Å². The quantitative estimate of drug-likeness (QED) is 0.685. The van der Waals surface area contributed by atoms with Gasteiger partial charge in [-0.2, -0.15) is 0 Å². The van der Waals surface area contributed by atoms with Crippen LogP contribution in [0.25, 0.3) is 0 Å². The van der Waals surface area contributed by atoms with E-state index < -0.39 is 0 Å². The Morgan fingerprint density at radius 2 is 2.40 bits per heavy atom. The fourth-order valence-electron chi connectivity index (χ4n) is 0.583. The Kier molecular flexibility index (Phi) is 2.68. The summed E-state index contributed by atoms with van der Waals surface area (Å²) in [6.45, 7) is 1.90. The third kappa shape index (κ3) is 2.35. The van der Waals surface area contributed by atoms with Crippen molar-refractivity contribution in [3.8, 4) is 5.88 Å². The van der Waals surface area contributed by atoms with Crippen molar-refractivity contribution in [2.24, 2.45) is 0 Å². The number of rotatable bonds is 2. The van der Waals surface area contributed by atoms with Gasteiger partial charge in [0.05, 0.1) is 0 Å². The van der Waals surface area contributed by atoms with E-state index in [4.69, 9.17) is 4.74 Å². The molecular formula is C7H8BrNO. The van der Waals surface area contributed by atoms with Crippen molar-refractivity contribution in [2.45, 2.75) is 11.9 Å². The summed E-state index contributed by atoms with van der Waals surface area (Å²) in [5.41, 5.74) is 0. The molecule has 0 saturated carbocycles. The Morgan fingerprint density at radius 3 is 2.90 bits per heavy atom. The fourth-order valence-corrected chi connectivity index (χ4v) is 0.775. The van der Waals surface area contributed by atoms with E-state index in [0.29, 0.717) is 5.88 Å². The number of hydrogen-bond acceptors (Lipinski definition) is 2. The van der Waals surface area contributed by atoms with Gasteiger partial charge in [-0.25, -0.2) is 4.98 Å². The maximum absolute atomic E-state index is 5.22. The summed E-state index contributed by atoms with van der Waals surface area (Å²) < 4.78 is 5.22. The van der Waals surface area contributed by atoms with Crippen molar-refractivity contribution in [1.29, 1.82) is 0 Å². The third-order valence-electron chi connectivity index (χ3n) is 0.921.